The van der Waals surface area contributed by atoms with Crippen molar-refractivity contribution >= 4 is 5.78 Å². The van der Waals surface area contributed by atoms with E-state index in [-0.39, 0.29) is 5.41 Å². The van der Waals surface area contributed by atoms with Crippen molar-refractivity contribution in [2.45, 2.75) is 46.1 Å². The van der Waals surface area contributed by atoms with Crippen molar-refractivity contribution in [1.29, 1.82) is 0 Å². The summed E-state index contributed by atoms with van der Waals surface area (Å²) >= 11 is 0. The zero-order valence-corrected chi connectivity index (χ0v) is 14.0. The molecule has 0 spiro atoms. The number of benzene rings is 2. The zero-order valence-electron chi connectivity index (χ0n) is 14.0. The van der Waals surface area contributed by atoms with Gasteiger partial charge in [-0.2, -0.15) is 0 Å². The lowest BCUT2D eigenvalue weighted by atomic mass is 9.67. The highest BCUT2D eigenvalue weighted by Gasteiger charge is 2.39. The fourth-order valence-corrected chi connectivity index (χ4v) is 3.53. The molecule has 0 aromatic heterocycles. The van der Waals surface area contributed by atoms with Gasteiger partial charge in [-0.05, 0) is 55.0 Å². The van der Waals surface area contributed by atoms with Crippen molar-refractivity contribution in [3.63, 3.8) is 0 Å². The largest absolute Gasteiger partial charge is 0.489 e. The van der Waals surface area contributed by atoms with Crippen LogP contribution < -0.4 is 4.74 Å². The lowest BCUT2D eigenvalue weighted by molar-refractivity contribution is 0.0738. The molecule has 3 rings (SSSR count). The average Bonchev–Trinajstić information content (AvgIpc) is 2.62. The Bertz CT molecular complexity index is 684. The molecule has 0 saturated carbocycles. The summed E-state index contributed by atoms with van der Waals surface area (Å²) in [5.74, 6) is 1.17. The third-order valence-corrected chi connectivity index (χ3v) is 5.28. The number of carbonyl (C=O) groups excluding carboxylic acids is 1. The molecule has 0 radical (unpaired) electrons. The van der Waals surface area contributed by atoms with E-state index >= 15 is 0 Å². The molecule has 120 valence electrons. The van der Waals surface area contributed by atoms with E-state index < -0.39 is 0 Å². The van der Waals surface area contributed by atoms with Gasteiger partial charge in [0.2, 0.25) is 0 Å². The van der Waals surface area contributed by atoms with Gasteiger partial charge in [-0.15, -0.1) is 0 Å². The molecule has 2 aromatic rings. The van der Waals surface area contributed by atoms with Gasteiger partial charge in [0.05, 0.1) is 0 Å². The molecule has 0 unspecified atom stereocenters. The van der Waals surface area contributed by atoms with E-state index in [2.05, 4.69) is 26.0 Å². The molecule has 0 heterocycles. The first kappa shape index (κ1) is 15.8. The summed E-state index contributed by atoms with van der Waals surface area (Å²) in [6, 6.07) is 16.1. The molecule has 2 nitrogen and oxygen atoms in total. The molecule has 1 aliphatic rings. The van der Waals surface area contributed by atoms with E-state index in [0.29, 0.717) is 12.4 Å². The van der Waals surface area contributed by atoms with Crippen LogP contribution in [0.1, 0.15) is 54.6 Å². The summed E-state index contributed by atoms with van der Waals surface area (Å²) in [6.45, 7) is 4.81. The third-order valence-electron chi connectivity index (χ3n) is 5.28. The van der Waals surface area contributed by atoms with Gasteiger partial charge < -0.3 is 4.74 Å². The van der Waals surface area contributed by atoms with Crippen LogP contribution in [0.15, 0.2) is 48.5 Å². The number of fused-ring (bicyclic) bond motifs is 1. The monoisotopic (exact) mass is 308 g/mol. The fourth-order valence-electron chi connectivity index (χ4n) is 3.53. The van der Waals surface area contributed by atoms with E-state index in [1.807, 2.05) is 36.4 Å². The first-order valence-electron chi connectivity index (χ1n) is 8.53. The lowest BCUT2D eigenvalue weighted by Crippen LogP contribution is -2.35. The van der Waals surface area contributed by atoms with Crippen molar-refractivity contribution in [3.8, 4) is 5.75 Å². The van der Waals surface area contributed by atoms with Gasteiger partial charge in [0.25, 0.3) is 0 Å². The number of aryl methyl sites for hydroxylation is 1. The molecular formula is C21H24O2. The van der Waals surface area contributed by atoms with E-state index in [1.54, 1.807) is 0 Å². The van der Waals surface area contributed by atoms with Crippen LogP contribution in [0.25, 0.3) is 0 Å². The maximum Gasteiger partial charge on any atom is 0.169 e. The van der Waals surface area contributed by atoms with Crippen molar-refractivity contribution in [3.05, 3.63) is 65.2 Å². The molecule has 0 atom stereocenters. The Balaban J connectivity index is 1.77. The number of ether oxygens (including phenoxy) is 1. The van der Waals surface area contributed by atoms with Gasteiger partial charge in [-0.1, -0.05) is 44.2 Å². The summed E-state index contributed by atoms with van der Waals surface area (Å²) < 4.78 is 5.89. The Labute approximate surface area is 138 Å². The predicted octanol–water partition coefficient (Wildman–Crippen LogP) is 5.20. The summed E-state index contributed by atoms with van der Waals surface area (Å²) in [5.41, 5.74) is 3.03. The zero-order chi connectivity index (χ0) is 16.3. The second-order valence-electron chi connectivity index (χ2n) is 6.41. The summed E-state index contributed by atoms with van der Waals surface area (Å²) in [6.07, 6.45) is 3.77. The number of hydrogen-bond donors (Lipinski definition) is 0. The van der Waals surface area contributed by atoms with Gasteiger partial charge >= 0.3 is 0 Å². The van der Waals surface area contributed by atoms with E-state index in [9.17, 15) is 4.79 Å². The highest BCUT2D eigenvalue weighted by molar-refractivity contribution is 6.02. The Hall–Kier alpha value is -2.09. The average molecular weight is 308 g/mol. The molecule has 0 bridgehead atoms. The van der Waals surface area contributed by atoms with Crippen LogP contribution in [0.2, 0.25) is 0 Å². The summed E-state index contributed by atoms with van der Waals surface area (Å²) in [4.78, 5) is 12.9. The van der Waals surface area contributed by atoms with Gasteiger partial charge in [0.1, 0.15) is 12.4 Å². The standard InChI is InChI=1S/C21H24O2/c1-3-21(4-2)13-12-17-14-18(10-11-19(17)20(21)22)23-15-16-8-6-5-7-9-16/h5-11,14H,3-4,12-13,15H2,1-2H3. The van der Waals surface area contributed by atoms with Crippen molar-refractivity contribution in [2.75, 3.05) is 0 Å². The molecule has 2 heteroatoms. The third kappa shape index (κ3) is 3.03. The lowest BCUT2D eigenvalue weighted by Gasteiger charge is -2.35. The second kappa shape index (κ2) is 6.57. The highest BCUT2D eigenvalue weighted by atomic mass is 16.5. The molecule has 1 aliphatic carbocycles. The topological polar surface area (TPSA) is 26.3 Å². The quantitative estimate of drug-likeness (QED) is 0.758. The molecule has 0 aliphatic heterocycles. The van der Waals surface area contributed by atoms with Crippen LogP contribution in [-0.2, 0) is 13.0 Å². The number of ketones is 1. The predicted molar refractivity (Wildman–Crippen MR) is 92.9 cm³/mol. The maximum atomic E-state index is 12.9. The van der Waals surface area contributed by atoms with Crippen molar-refractivity contribution in [1.82, 2.24) is 0 Å². The number of rotatable bonds is 5. The van der Waals surface area contributed by atoms with Crippen molar-refractivity contribution < 1.29 is 9.53 Å². The minimum atomic E-state index is -0.153. The van der Waals surface area contributed by atoms with Crippen LogP contribution in [0.5, 0.6) is 5.75 Å². The molecule has 23 heavy (non-hydrogen) atoms. The van der Waals surface area contributed by atoms with E-state index in [0.717, 1.165) is 48.1 Å². The summed E-state index contributed by atoms with van der Waals surface area (Å²) in [5, 5.41) is 0. The number of Topliss-reactive ketones (excluding diaryl/α,β-unsaturated/α-hetero) is 1. The molecule has 0 amide bonds. The first-order chi connectivity index (χ1) is 11.2. The van der Waals surface area contributed by atoms with Gasteiger partial charge in [0, 0.05) is 11.0 Å². The van der Waals surface area contributed by atoms with Crippen LogP contribution >= 0.6 is 0 Å². The molecule has 0 fully saturated rings. The smallest absolute Gasteiger partial charge is 0.169 e. The Morgan fingerprint density at radius 1 is 1.04 bits per heavy atom. The van der Waals surface area contributed by atoms with Crippen LogP contribution in [-0.4, -0.2) is 5.78 Å². The second-order valence-corrected chi connectivity index (χ2v) is 6.41. The van der Waals surface area contributed by atoms with Gasteiger partial charge in [-0.3, -0.25) is 4.79 Å². The normalized spacial score (nSPS) is 16.0. The Morgan fingerprint density at radius 2 is 1.78 bits per heavy atom. The molecule has 0 N–H and O–H groups in total. The SMILES string of the molecule is CCC1(CC)CCc2cc(OCc3ccccc3)ccc2C1=O. The number of carbonyl (C=O) groups is 1. The molecule has 2 aromatic carbocycles. The minimum absolute atomic E-state index is 0.153. The summed E-state index contributed by atoms with van der Waals surface area (Å²) in [7, 11) is 0. The van der Waals surface area contributed by atoms with Gasteiger partial charge in [-0.25, -0.2) is 0 Å². The van der Waals surface area contributed by atoms with Crippen molar-refractivity contribution in [2.24, 2.45) is 5.41 Å². The van der Waals surface area contributed by atoms with Crippen LogP contribution in [0.4, 0.5) is 0 Å². The fraction of sp³-hybridized carbons (Fsp3) is 0.381. The maximum absolute atomic E-state index is 12.9. The Morgan fingerprint density at radius 3 is 2.48 bits per heavy atom. The Kier molecular flexibility index (Phi) is 4.51. The van der Waals surface area contributed by atoms with Gasteiger partial charge in [0.15, 0.2) is 5.78 Å². The van der Waals surface area contributed by atoms with Crippen LogP contribution in [0.3, 0.4) is 0 Å². The molecular weight excluding hydrogens is 284 g/mol. The number of hydrogen-bond acceptors (Lipinski definition) is 2. The minimum Gasteiger partial charge on any atom is -0.489 e. The van der Waals surface area contributed by atoms with Crippen LogP contribution in [0, 0.1) is 5.41 Å². The van der Waals surface area contributed by atoms with E-state index in [4.69, 9.17) is 4.74 Å². The molecule has 0 saturated heterocycles. The highest BCUT2D eigenvalue weighted by Crippen LogP contribution is 2.41. The first-order valence-corrected chi connectivity index (χ1v) is 8.53. The van der Waals surface area contributed by atoms with E-state index in [1.165, 1.54) is 0 Å².